The lowest BCUT2D eigenvalue weighted by molar-refractivity contribution is -0.0990. The summed E-state index contributed by atoms with van der Waals surface area (Å²) in [5.74, 6) is 1.46. The Kier molecular flexibility index (Phi) is 1.82. The summed E-state index contributed by atoms with van der Waals surface area (Å²) in [7, 11) is 0. The minimum absolute atomic E-state index is 0.166. The summed E-state index contributed by atoms with van der Waals surface area (Å²) in [5, 5.41) is 10.4. The van der Waals surface area contributed by atoms with Crippen molar-refractivity contribution in [3.63, 3.8) is 0 Å². The molecule has 2 bridgehead atoms. The molecule has 4 saturated carbocycles. The number of hydrogen-bond acceptors (Lipinski definition) is 1. The van der Waals surface area contributed by atoms with E-state index in [-0.39, 0.29) is 11.5 Å². The number of rotatable bonds is 0. The van der Waals surface area contributed by atoms with E-state index in [0.29, 0.717) is 5.92 Å². The van der Waals surface area contributed by atoms with Gasteiger partial charge in [-0.25, -0.2) is 0 Å². The molecule has 0 radical (unpaired) electrons. The van der Waals surface area contributed by atoms with E-state index in [1.165, 1.54) is 44.9 Å². The van der Waals surface area contributed by atoms with Gasteiger partial charge in [-0.05, 0) is 49.5 Å². The standard InChI is InChI=1S/C13H20O/c1-9-10-5-7-13(12(9)14)6-3-2-4-11(13)8-10/h10-12,14H,1-8H2. The molecule has 0 aromatic rings. The molecule has 4 atom stereocenters. The first-order chi connectivity index (χ1) is 6.74. The predicted octanol–water partition coefficient (Wildman–Crippen LogP) is 2.89. The highest BCUT2D eigenvalue weighted by Crippen LogP contribution is 2.61. The highest BCUT2D eigenvalue weighted by atomic mass is 16.3. The Bertz CT molecular complexity index is 266. The summed E-state index contributed by atoms with van der Waals surface area (Å²) in [6.45, 7) is 4.11. The quantitative estimate of drug-likeness (QED) is 0.585. The Morgan fingerprint density at radius 1 is 1.21 bits per heavy atom. The predicted molar refractivity (Wildman–Crippen MR) is 56.9 cm³/mol. The van der Waals surface area contributed by atoms with Crippen molar-refractivity contribution < 1.29 is 5.11 Å². The van der Waals surface area contributed by atoms with E-state index in [0.717, 1.165) is 11.5 Å². The molecular weight excluding hydrogens is 172 g/mol. The van der Waals surface area contributed by atoms with Gasteiger partial charge in [0.05, 0.1) is 6.10 Å². The number of aliphatic hydroxyl groups excluding tert-OH is 1. The van der Waals surface area contributed by atoms with Gasteiger partial charge in [-0.3, -0.25) is 0 Å². The largest absolute Gasteiger partial charge is 0.388 e. The highest BCUT2D eigenvalue weighted by Gasteiger charge is 2.55. The van der Waals surface area contributed by atoms with Crippen LogP contribution in [0.5, 0.6) is 0 Å². The minimum atomic E-state index is -0.166. The van der Waals surface area contributed by atoms with Crippen LogP contribution in [0.4, 0.5) is 0 Å². The summed E-state index contributed by atoms with van der Waals surface area (Å²) in [5.41, 5.74) is 1.43. The summed E-state index contributed by atoms with van der Waals surface area (Å²) >= 11 is 0. The molecule has 4 aliphatic rings. The molecule has 1 spiro atoms. The smallest absolute Gasteiger partial charge is 0.0809 e. The Hall–Kier alpha value is -0.300. The molecular formula is C13H20O. The van der Waals surface area contributed by atoms with E-state index in [1.54, 1.807) is 0 Å². The third-order valence-corrected chi connectivity index (χ3v) is 5.21. The van der Waals surface area contributed by atoms with Crippen molar-refractivity contribution in [2.45, 2.75) is 51.0 Å². The number of fused-ring (bicyclic) bond motifs is 2. The van der Waals surface area contributed by atoms with Crippen LogP contribution < -0.4 is 0 Å². The van der Waals surface area contributed by atoms with Crippen molar-refractivity contribution >= 4 is 0 Å². The summed E-state index contributed by atoms with van der Waals surface area (Å²) in [6.07, 6.45) is 9.06. The second kappa shape index (κ2) is 2.85. The molecule has 4 rings (SSSR count). The van der Waals surface area contributed by atoms with Crippen LogP contribution in [0.3, 0.4) is 0 Å². The molecule has 4 unspecified atom stereocenters. The van der Waals surface area contributed by atoms with Gasteiger partial charge in [0.15, 0.2) is 0 Å². The Labute approximate surface area is 86.2 Å². The van der Waals surface area contributed by atoms with Gasteiger partial charge in [0.1, 0.15) is 0 Å². The van der Waals surface area contributed by atoms with Gasteiger partial charge in [-0.15, -0.1) is 0 Å². The zero-order valence-corrected chi connectivity index (χ0v) is 8.84. The molecule has 4 fully saturated rings. The second-order valence-electron chi connectivity index (χ2n) is 5.62. The summed E-state index contributed by atoms with van der Waals surface area (Å²) < 4.78 is 0. The lowest BCUT2D eigenvalue weighted by Crippen LogP contribution is -2.54. The molecule has 0 aromatic heterocycles. The topological polar surface area (TPSA) is 20.2 Å². The van der Waals surface area contributed by atoms with Crippen LogP contribution in [0.1, 0.15) is 44.9 Å². The molecule has 0 amide bonds. The Morgan fingerprint density at radius 2 is 2.07 bits per heavy atom. The van der Waals surface area contributed by atoms with Crippen molar-refractivity contribution in [1.82, 2.24) is 0 Å². The van der Waals surface area contributed by atoms with E-state index in [9.17, 15) is 5.11 Å². The third-order valence-electron chi connectivity index (χ3n) is 5.21. The monoisotopic (exact) mass is 192 g/mol. The molecule has 1 heteroatoms. The normalized spacial score (nSPS) is 51.8. The maximum absolute atomic E-state index is 10.4. The van der Waals surface area contributed by atoms with Crippen LogP contribution in [0.2, 0.25) is 0 Å². The van der Waals surface area contributed by atoms with Gasteiger partial charge in [0.2, 0.25) is 0 Å². The second-order valence-corrected chi connectivity index (χ2v) is 5.62. The van der Waals surface area contributed by atoms with Gasteiger partial charge >= 0.3 is 0 Å². The van der Waals surface area contributed by atoms with Crippen LogP contribution in [-0.2, 0) is 0 Å². The van der Waals surface area contributed by atoms with Crippen molar-refractivity contribution in [1.29, 1.82) is 0 Å². The van der Waals surface area contributed by atoms with Crippen LogP contribution >= 0.6 is 0 Å². The number of hydrogen-bond donors (Lipinski definition) is 1. The van der Waals surface area contributed by atoms with Crippen molar-refractivity contribution in [3.8, 4) is 0 Å². The van der Waals surface area contributed by atoms with E-state index in [2.05, 4.69) is 6.58 Å². The van der Waals surface area contributed by atoms with Crippen LogP contribution in [0, 0.1) is 17.3 Å². The van der Waals surface area contributed by atoms with Gasteiger partial charge in [0.25, 0.3) is 0 Å². The van der Waals surface area contributed by atoms with Crippen molar-refractivity contribution in [3.05, 3.63) is 12.2 Å². The van der Waals surface area contributed by atoms with Gasteiger partial charge in [-0.2, -0.15) is 0 Å². The summed E-state index contributed by atoms with van der Waals surface area (Å²) in [6, 6.07) is 0. The molecule has 0 heterocycles. The zero-order valence-electron chi connectivity index (χ0n) is 8.84. The number of aliphatic hydroxyl groups is 1. The van der Waals surface area contributed by atoms with Gasteiger partial charge in [0, 0.05) is 5.41 Å². The van der Waals surface area contributed by atoms with Crippen LogP contribution in [0.15, 0.2) is 12.2 Å². The Balaban J connectivity index is 1.99. The zero-order chi connectivity index (χ0) is 9.76. The molecule has 0 saturated heterocycles. The van der Waals surface area contributed by atoms with Crippen LogP contribution in [0.25, 0.3) is 0 Å². The SMILES string of the molecule is C=C1C2CCC3(CCCCC3C2)C1O. The molecule has 0 aliphatic heterocycles. The average Bonchev–Trinajstić information content (AvgIpc) is 2.24. The first-order valence-corrected chi connectivity index (χ1v) is 6.11. The third kappa shape index (κ3) is 0.942. The molecule has 1 nitrogen and oxygen atoms in total. The highest BCUT2D eigenvalue weighted by molar-refractivity contribution is 5.22. The molecule has 4 aliphatic carbocycles. The molecule has 14 heavy (non-hydrogen) atoms. The molecule has 1 N–H and O–H groups in total. The van der Waals surface area contributed by atoms with Crippen LogP contribution in [-0.4, -0.2) is 11.2 Å². The fourth-order valence-electron chi connectivity index (χ4n) is 4.35. The maximum atomic E-state index is 10.4. The lowest BCUT2D eigenvalue weighted by Gasteiger charge is -2.58. The first-order valence-electron chi connectivity index (χ1n) is 6.11. The maximum Gasteiger partial charge on any atom is 0.0809 e. The van der Waals surface area contributed by atoms with E-state index in [4.69, 9.17) is 0 Å². The van der Waals surface area contributed by atoms with Gasteiger partial charge in [-0.1, -0.05) is 19.4 Å². The van der Waals surface area contributed by atoms with E-state index >= 15 is 0 Å². The Morgan fingerprint density at radius 3 is 2.93 bits per heavy atom. The fourth-order valence-corrected chi connectivity index (χ4v) is 4.35. The lowest BCUT2D eigenvalue weighted by atomic mass is 9.48. The summed E-state index contributed by atoms with van der Waals surface area (Å²) in [4.78, 5) is 0. The molecule has 0 aromatic carbocycles. The average molecular weight is 192 g/mol. The van der Waals surface area contributed by atoms with E-state index < -0.39 is 0 Å². The minimum Gasteiger partial charge on any atom is -0.388 e. The van der Waals surface area contributed by atoms with E-state index in [1.807, 2.05) is 0 Å². The van der Waals surface area contributed by atoms with Crippen molar-refractivity contribution in [2.24, 2.45) is 17.3 Å². The van der Waals surface area contributed by atoms with Gasteiger partial charge < -0.3 is 5.11 Å². The molecule has 78 valence electrons. The fraction of sp³-hybridized carbons (Fsp3) is 0.846. The first kappa shape index (κ1) is 8.96. The van der Waals surface area contributed by atoms with Crippen molar-refractivity contribution in [2.75, 3.05) is 0 Å².